The number of hydrogen-bond donors (Lipinski definition) is 1. The molecule has 0 aromatic heterocycles. The normalized spacial score (nSPS) is 18.0. The molecule has 0 heterocycles. The van der Waals surface area contributed by atoms with E-state index in [2.05, 4.69) is 0 Å². The molecule has 7 heteroatoms. The Hall–Kier alpha value is -3.32. The highest BCUT2D eigenvalue weighted by molar-refractivity contribution is 5.62. The Kier molecular flexibility index (Phi) is 5.42. The molecule has 0 unspecified atom stereocenters. The van der Waals surface area contributed by atoms with E-state index < -0.39 is 16.0 Å². The van der Waals surface area contributed by atoms with E-state index in [1.165, 1.54) is 24.3 Å². The maximum atomic E-state index is 10.7. The Balaban J connectivity index is 1.81. The van der Waals surface area contributed by atoms with Gasteiger partial charge in [-0.25, -0.2) is 0 Å². The third kappa shape index (κ3) is 4.45. The lowest BCUT2D eigenvalue weighted by Gasteiger charge is -2.24. The summed E-state index contributed by atoms with van der Waals surface area (Å²) in [7, 11) is 0. The zero-order valence-corrected chi connectivity index (χ0v) is 14.4. The standard InChI is InChI=1S/C20H18N2O5/c23-20-16(12-14-4-8-18(9-5-14)21(24)25)2-1-3-17(20)13-15-6-10-19(11-7-15)22(26)27/h4-13,20,23H,1-3H2/b16-12+,17-13+. The van der Waals surface area contributed by atoms with Crippen molar-refractivity contribution in [2.75, 3.05) is 0 Å². The van der Waals surface area contributed by atoms with Gasteiger partial charge in [0, 0.05) is 24.3 Å². The predicted molar refractivity (Wildman–Crippen MR) is 102 cm³/mol. The number of nitro benzene ring substituents is 2. The van der Waals surface area contributed by atoms with Crippen LogP contribution in [0.5, 0.6) is 0 Å². The first kappa shape index (κ1) is 18.5. The Morgan fingerprint density at radius 2 is 1.15 bits per heavy atom. The van der Waals surface area contributed by atoms with Gasteiger partial charge < -0.3 is 5.11 Å². The van der Waals surface area contributed by atoms with Crippen molar-refractivity contribution in [2.24, 2.45) is 0 Å². The number of benzene rings is 2. The molecule has 0 amide bonds. The molecule has 0 saturated heterocycles. The monoisotopic (exact) mass is 366 g/mol. The fourth-order valence-electron chi connectivity index (χ4n) is 3.12. The molecule has 1 aliphatic carbocycles. The number of aliphatic hydroxyl groups excluding tert-OH is 1. The maximum absolute atomic E-state index is 10.7. The molecule has 1 N–H and O–H groups in total. The summed E-state index contributed by atoms with van der Waals surface area (Å²) >= 11 is 0. The molecule has 1 fully saturated rings. The molecule has 0 radical (unpaired) electrons. The van der Waals surface area contributed by atoms with E-state index in [0.717, 1.165) is 41.5 Å². The Bertz CT molecular complexity index is 839. The minimum atomic E-state index is -0.732. The number of hydrogen-bond acceptors (Lipinski definition) is 5. The molecule has 0 spiro atoms. The molecule has 0 bridgehead atoms. The molecule has 1 aliphatic rings. The predicted octanol–water partition coefficient (Wildman–Crippen LogP) is 4.51. The number of non-ortho nitro benzene ring substituents is 2. The largest absolute Gasteiger partial charge is 0.384 e. The van der Waals surface area contributed by atoms with Crippen molar-refractivity contribution >= 4 is 23.5 Å². The summed E-state index contributed by atoms with van der Waals surface area (Å²) < 4.78 is 0. The van der Waals surface area contributed by atoms with Gasteiger partial charge in [0.1, 0.15) is 0 Å². The second kappa shape index (κ2) is 7.92. The van der Waals surface area contributed by atoms with Gasteiger partial charge in [0.2, 0.25) is 0 Å². The number of nitrogens with zero attached hydrogens (tertiary/aromatic N) is 2. The Labute approximate surface area is 155 Å². The molecule has 2 aromatic rings. The lowest BCUT2D eigenvalue weighted by atomic mass is 9.85. The Morgan fingerprint density at radius 1 is 0.778 bits per heavy atom. The minimum absolute atomic E-state index is 0.0279. The highest BCUT2D eigenvalue weighted by atomic mass is 16.6. The van der Waals surface area contributed by atoms with Gasteiger partial charge in [-0.3, -0.25) is 20.2 Å². The fourth-order valence-corrected chi connectivity index (χ4v) is 3.12. The van der Waals surface area contributed by atoms with Crippen molar-refractivity contribution in [3.8, 4) is 0 Å². The van der Waals surface area contributed by atoms with Gasteiger partial charge in [0.05, 0.1) is 16.0 Å². The van der Waals surface area contributed by atoms with Crippen LogP contribution >= 0.6 is 0 Å². The van der Waals surface area contributed by atoms with Gasteiger partial charge in [-0.05, 0) is 65.8 Å². The second-order valence-corrected chi connectivity index (χ2v) is 6.39. The zero-order chi connectivity index (χ0) is 19.4. The topological polar surface area (TPSA) is 107 Å². The quantitative estimate of drug-likeness (QED) is 0.632. The fraction of sp³-hybridized carbons (Fsp3) is 0.200. The van der Waals surface area contributed by atoms with Crippen LogP contribution in [0.15, 0.2) is 59.7 Å². The lowest BCUT2D eigenvalue weighted by molar-refractivity contribution is -0.385. The van der Waals surface area contributed by atoms with Crippen LogP contribution < -0.4 is 0 Å². The molecule has 0 aliphatic heterocycles. The third-order valence-corrected chi connectivity index (χ3v) is 4.55. The number of nitro groups is 2. The minimum Gasteiger partial charge on any atom is -0.384 e. The second-order valence-electron chi connectivity index (χ2n) is 6.39. The van der Waals surface area contributed by atoms with Crippen LogP contribution in [0.1, 0.15) is 30.4 Å². The van der Waals surface area contributed by atoms with Gasteiger partial charge in [-0.2, -0.15) is 0 Å². The van der Waals surface area contributed by atoms with Crippen molar-refractivity contribution in [3.63, 3.8) is 0 Å². The summed E-state index contributed by atoms with van der Waals surface area (Å²) in [4.78, 5) is 20.6. The molecule has 0 atom stereocenters. The third-order valence-electron chi connectivity index (χ3n) is 4.55. The SMILES string of the molecule is O=[N+]([O-])c1ccc(/C=C2\CCC/C(=C\c3ccc([N+](=O)[O-])cc3)C2O)cc1. The van der Waals surface area contributed by atoms with Crippen LogP contribution in [0.4, 0.5) is 11.4 Å². The molecule has 3 rings (SSSR count). The van der Waals surface area contributed by atoms with E-state index in [4.69, 9.17) is 0 Å². The van der Waals surface area contributed by atoms with E-state index in [9.17, 15) is 25.3 Å². The molecule has 1 saturated carbocycles. The zero-order valence-electron chi connectivity index (χ0n) is 14.4. The average molecular weight is 366 g/mol. The summed E-state index contributed by atoms with van der Waals surface area (Å²) in [6, 6.07) is 12.4. The smallest absolute Gasteiger partial charge is 0.269 e. The maximum Gasteiger partial charge on any atom is 0.269 e. The van der Waals surface area contributed by atoms with Crippen LogP contribution in [0.3, 0.4) is 0 Å². The van der Waals surface area contributed by atoms with E-state index in [1.807, 2.05) is 12.2 Å². The molecule has 138 valence electrons. The van der Waals surface area contributed by atoms with Gasteiger partial charge in [0.25, 0.3) is 11.4 Å². The lowest BCUT2D eigenvalue weighted by Crippen LogP contribution is -2.18. The average Bonchev–Trinajstić information content (AvgIpc) is 2.66. The number of aliphatic hydroxyl groups is 1. The van der Waals surface area contributed by atoms with E-state index >= 15 is 0 Å². The van der Waals surface area contributed by atoms with Crippen molar-refractivity contribution in [2.45, 2.75) is 25.4 Å². The molecule has 7 nitrogen and oxygen atoms in total. The van der Waals surface area contributed by atoms with Crippen LogP contribution in [-0.4, -0.2) is 21.1 Å². The van der Waals surface area contributed by atoms with Crippen LogP contribution in [0.2, 0.25) is 0 Å². The van der Waals surface area contributed by atoms with Gasteiger partial charge >= 0.3 is 0 Å². The highest BCUT2D eigenvalue weighted by Crippen LogP contribution is 2.31. The van der Waals surface area contributed by atoms with E-state index in [-0.39, 0.29) is 11.4 Å². The van der Waals surface area contributed by atoms with Crippen LogP contribution in [0.25, 0.3) is 12.2 Å². The molecule has 27 heavy (non-hydrogen) atoms. The van der Waals surface area contributed by atoms with Gasteiger partial charge in [0.15, 0.2) is 0 Å². The molecule has 2 aromatic carbocycles. The van der Waals surface area contributed by atoms with Gasteiger partial charge in [-0.1, -0.05) is 12.2 Å². The molecular weight excluding hydrogens is 348 g/mol. The van der Waals surface area contributed by atoms with Crippen molar-refractivity contribution in [1.82, 2.24) is 0 Å². The first-order valence-electron chi connectivity index (χ1n) is 8.52. The Morgan fingerprint density at radius 3 is 1.48 bits per heavy atom. The summed E-state index contributed by atoms with van der Waals surface area (Å²) in [5.74, 6) is 0. The van der Waals surface area contributed by atoms with Crippen molar-refractivity contribution in [1.29, 1.82) is 0 Å². The van der Waals surface area contributed by atoms with Crippen molar-refractivity contribution in [3.05, 3.63) is 91.0 Å². The first-order chi connectivity index (χ1) is 12.9. The van der Waals surface area contributed by atoms with E-state index in [0.29, 0.717) is 0 Å². The first-order valence-corrected chi connectivity index (χ1v) is 8.52. The summed E-state index contributed by atoms with van der Waals surface area (Å²) in [6.07, 6.45) is 5.36. The summed E-state index contributed by atoms with van der Waals surface area (Å²) in [5.41, 5.74) is 3.35. The van der Waals surface area contributed by atoms with E-state index in [1.54, 1.807) is 24.3 Å². The summed E-state index contributed by atoms with van der Waals surface area (Å²) in [5, 5.41) is 32.2. The van der Waals surface area contributed by atoms with Gasteiger partial charge in [-0.15, -0.1) is 0 Å². The number of rotatable bonds is 4. The van der Waals surface area contributed by atoms with Crippen molar-refractivity contribution < 1.29 is 15.0 Å². The van der Waals surface area contributed by atoms with Crippen LogP contribution in [0, 0.1) is 20.2 Å². The molecular formula is C20H18N2O5. The summed E-state index contributed by atoms with van der Waals surface area (Å²) in [6.45, 7) is 0. The van der Waals surface area contributed by atoms with Crippen LogP contribution in [-0.2, 0) is 0 Å². The highest BCUT2D eigenvalue weighted by Gasteiger charge is 2.21.